The van der Waals surface area contributed by atoms with Crippen molar-refractivity contribution in [3.05, 3.63) is 35.9 Å². The Morgan fingerprint density at radius 3 is 3.10 bits per heavy atom. The van der Waals surface area contributed by atoms with Crippen LogP contribution in [0.5, 0.6) is 0 Å². The zero-order chi connectivity index (χ0) is 13.9. The number of fused-ring (bicyclic) bond motifs is 1. The fourth-order valence-electron chi connectivity index (χ4n) is 3.20. The van der Waals surface area contributed by atoms with Crippen molar-refractivity contribution in [2.75, 3.05) is 13.1 Å². The number of carbonyl (C=O) groups excluding carboxylic acids is 1. The summed E-state index contributed by atoms with van der Waals surface area (Å²) in [7, 11) is 0. The molecule has 0 bridgehead atoms. The minimum absolute atomic E-state index is 0.583. The Balaban J connectivity index is 1.87. The number of aldehydes is 1. The molecule has 1 saturated heterocycles. The quantitative estimate of drug-likeness (QED) is 0.802. The molecule has 4 nitrogen and oxygen atoms in total. The third-order valence-electron chi connectivity index (χ3n) is 4.34. The number of nitrogens with zero attached hydrogens (tertiary/aromatic N) is 3. The topological polar surface area (TPSA) is 37.6 Å². The molecule has 3 rings (SSSR count). The third kappa shape index (κ3) is 2.48. The van der Waals surface area contributed by atoms with E-state index in [9.17, 15) is 4.79 Å². The van der Waals surface area contributed by atoms with Gasteiger partial charge in [0, 0.05) is 24.2 Å². The highest BCUT2D eigenvalue weighted by Crippen LogP contribution is 2.20. The molecule has 20 heavy (non-hydrogen) atoms. The van der Waals surface area contributed by atoms with Gasteiger partial charge in [-0.1, -0.05) is 13.3 Å². The van der Waals surface area contributed by atoms with E-state index >= 15 is 0 Å². The van der Waals surface area contributed by atoms with Gasteiger partial charge in [-0.3, -0.25) is 4.79 Å². The number of carbonyl (C=O) groups is 1. The van der Waals surface area contributed by atoms with Crippen molar-refractivity contribution in [1.82, 2.24) is 14.3 Å². The van der Waals surface area contributed by atoms with E-state index in [1.807, 2.05) is 24.5 Å². The molecule has 1 aliphatic heterocycles. The van der Waals surface area contributed by atoms with Gasteiger partial charge in [0.1, 0.15) is 5.82 Å². The maximum Gasteiger partial charge on any atom is 0.151 e. The van der Waals surface area contributed by atoms with E-state index in [-0.39, 0.29) is 0 Å². The largest absolute Gasteiger partial charge is 0.303 e. The van der Waals surface area contributed by atoms with E-state index in [0.29, 0.717) is 11.6 Å². The van der Waals surface area contributed by atoms with Gasteiger partial charge in [0.05, 0.1) is 11.7 Å². The summed E-state index contributed by atoms with van der Waals surface area (Å²) in [5, 5.41) is 0. The van der Waals surface area contributed by atoms with Crippen LogP contribution in [0.3, 0.4) is 0 Å². The monoisotopic (exact) mass is 271 g/mol. The minimum Gasteiger partial charge on any atom is -0.303 e. The van der Waals surface area contributed by atoms with Crippen LogP contribution < -0.4 is 0 Å². The molecular formula is C16H21N3O. The Bertz CT molecular complexity index is 605. The number of piperidine rings is 1. The number of likely N-dealkylation sites (N-methyl/N-ethyl adjacent to an activating group) is 1. The molecule has 0 aromatic carbocycles. The lowest BCUT2D eigenvalue weighted by Gasteiger charge is -2.34. The Morgan fingerprint density at radius 2 is 2.30 bits per heavy atom. The average Bonchev–Trinajstić information content (AvgIpc) is 2.90. The first kappa shape index (κ1) is 13.3. The lowest BCUT2D eigenvalue weighted by atomic mass is 9.99. The summed E-state index contributed by atoms with van der Waals surface area (Å²) >= 11 is 0. The molecular weight excluding hydrogens is 250 g/mol. The van der Waals surface area contributed by atoms with Crippen LogP contribution in [0.2, 0.25) is 0 Å². The number of aromatic nitrogens is 2. The van der Waals surface area contributed by atoms with Crippen LogP contribution in [0.1, 0.15) is 42.4 Å². The molecule has 2 aromatic heterocycles. The Labute approximate surface area is 119 Å². The van der Waals surface area contributed by atoms with Crippen LogP contribution in [-0.2, 0) is 6.42 Å². The van der Waals surface area contributed by atoms with Gasteiger partial charge in [-0.25, -0.2) is 4.98 Å². The maximum atomic E-state index is 10.9. The van der Waals surface area contributed by atoms with Crippen LogP contribution in [0.4, 0.5) is 0 Å². The van der Waals surface area contributed by atoms with Gasteiger partial charge < -0.3 is 9.30 Å². The van der Waals surface area contributed by atoms with Gasteiger partial charge in [-0.05, 0) is 38.1 Å². The molecule has 0 aliphatic carbocycles. The van der Waals surface area contributed by atoms with Gasteiger partial charge in [-0.2, -0.15) is 0 Å². The van der Waals surface area contributed by atoms with E-state index in [1.165, 1.54) is 25.8 Å². The number of pyridine rings is 1. The first-order valence-corrected chi connectivity index (χ1v) is 7.47. The first-order valence-electron chi connectivity index (χ1n) is 7.47. The average molecular weight is 271 g/mol. The van der Waals surface area contributed by atoms with Crippen LogP contribution in [0.15, 0.2) is 24.5 Å². The SMILES string of the molecule is CCN1CCCCC1Cc1ncc2ccc(C=O)cn12. The van der Waals surface area contributed by atoms with E-state index in [4.69, 9.17) is 0 Å². The fraction of sp³-hybridized carbons (Fsp3) is 0.500. The van der Waals surface area contributed by atoms with Crippen molar-refractivity contribution in [2.24, 2.45) is 0 Å². The standard InChI is InChI=1S/C16H21N3O/c1-2-18-8-4-3-5-14(18)9-16-17-10-15-7-6-13(12-20)11-19(15)16/h6-7,10-12,14H,2-5,8-9H2,1H3. The van der Waals surface area contributed by atoms with Crippen molar-refractivity contribution in [3.8, 4) is 0 Å². The van der Waals surface area contributed by atoms with Crippen molar-refractivity contribution in [2.45, 2.75) is 38.6 Å². The van der Waals surface area contributed by atoms with Crippen LogP contribution in [-0.4, -0.2) is 39.7 Å². The van der Waals surface area contributed by atoms with E-state index in [0.717, 1.165) is 30.6 Å². The summed E-state index contributed by atoms with van der Waals surface area (Å²) in [6, 6.07) is 4.38. The van der Waals surface area contributed by atoms with Gasteiger partial charge in [0.15, 0.2) is 6.29 Å². The second-order valence-corrected chi connectivity index (χ2v) is 5.53. The summed E-state index contributed by atoms with van der Waals surface area (Å²) in [6.45, 7) is 4.53. The Morgan fingerprint density at radius 1 is 1.40 bits per heavy atom. The summed E-state index contributed by atoms with van der Waals surface area (Å²) in [4.78, 5) is 18.0. The minimum atomic E-state index is 0.583. The van der Waals surface area contributed by atoms with Crippen molar-refractivity contribution >= 4 is 11.8 Å². The van der Waals surface area contributed by atoms with Crippen LogP contribution in [0, 0.1) is 0 Å². The Hall–Kier alpha value is -1.68. The summed E-state index contributed by atoms with van der Waals surface area (Å²) in [5.41, 5.74) is 1.76. The van der Waals surface area contributed by atoms with Crippen LogP contribution in [0.25, 0.3) is 5.52 Å². The molecule has 0 radical (unpaired) electrons. The second kappa shape index (κ2) is 5.75. The van der Waals surface area contributed by atoms with E-state index < -0.39 is 0 Å². The number of hydrogen-bond donors (Lipinski definition) is 0. The highest BCUT2D eigenvalue weighted by atomic mass is 16.1. The summed E-state index contributed by atoms with van der Waals surface area (Å²) in [5.74, 6) is 1.06. The molecule has 1 unspecified atom stereocenters. The summed E-state index contributed by atoms with van der Waals surface area (Å²) in [6.07, 6.45) is 9.50. The number of imidazole rings is 1. The molecule has 0 N–H and O–H groups in total. The third-order valence-corrected chi connectivity index (χ3v) is 4.34. The van der Waals surface area contributed by atoms with Crippen LogP contribution >= 0.6 is 0 Å². The number of hydrogen-bond acceptors (Lipinski definition) is 3. The maximum absolute atomic E-state index is 10.9. The predicted octanol–water partition coefficient (Wildman–Crippen LogP) is 2.56. The predicted molar refractivity (Wildman–Crippen MR) is 79.2 cm³/mol. The molecule has 2 aromatic rings. The first-order chi connectivity index (χ1) is 9.81. The lowest BCUT2D eigenvalue weighted by molar-refractivity contribution is 0.112. The highest BCUT2D eigenvalue weighted by Gasteiger charge is 2.22. The van der Waals surface area contributed by atoms with Crippen molar-refractivity contribution in [1.29, 1.82) is 0 Å². The second-order valence-electron chi connectivity index (χ2n) is 5.53. The van der Waals surface area contributed by atoms with Gasteiger partial charge in [0.25, 0.3) is 0 Å². The molecule has 0 amide bonds. The molecule has 0 saturated carbocycles. The van der Waals surface area contributed by atoms with Crippen molar-refractivity contribution < 1.29 is 4.79 Å². The number of likely N-dealkylation sites (tertiary alicyclic amines) is 1. The molecule has 4 heteroatoms. The van der Waals surface area contributed by atoms with Gasteiger partial charge in [0.2, 0.25) is 0 Å². The number of rotatable bonds is 4. The zero-order valence-corrected chi connectivity index (χ0v) is 12.0. The smallest absolute Gasteiger partial charge is 0.151 e. The van der Waals surface area contributed by atoms with E-state index in [1.54, 1.807) is 0 Å². The molecule has 106 valence electrons. The molecule has 1 fully saturated rings. The highest BCUT2D eigenvalue weighted by molar-refractivity contribution is 5.75. The van der Waals surface area contributed by atoms with E-state index in [2.05, 4.69) is 21.2 Å². The normalized spacial score (nSPS) is 20.4. The van der Waals surface area contributed by atoms with Gasteiger partial charge in [-0.15, -0.1) is 0 Å². The fourth-order valence-corrected chi connectivity index (χ4v) is 3.20. The van der Waals surface area contributed by atoms with Crippen molar-refractivity contribution in [3.63, 3.8) is 0 Å². The lowest BCUT2D eigenvalue weighted by Crippen LogP contribution is -2.40. The summed E-state index contributed by atoms with van der Waals surface area (Å²) < 4.78 is 2.06. The molecule has 1 atom stereocenters. The Kier molecular flexibility index (Phi) is 3.83. The van der Waals surface area contributed by atoms with Gasteiger partial charge >= 0.3 is 0 Å². The zero-order valence-electron chi connectivity index (χ0n) is 12.0. The molecule has 3 heterocycles. The molecule has 1 aliphatic rings. The molecule has 0 spiro atoms.